The van der Waals surface area contributed by atoms with Gasteiger partial charge in [-0.2, -0.15) is 0 Å². The number of carbonyl (C=O) groups excluding carboxylic acids is 1. The number of thiazole rings is 1. The predicted molar refractivity (Wildman–Crippen MR) is 112 cm³/mol. The number of hydrogen-bond acceptors (Lipinski definition) is 4. The maximum Gasteiger partial charge on any atom is 0.253 e. The van der Waals surface area contributed by atoms with Crippen molar-refractivity contribution in [3.63, 3.8) is 0 Å². The summed E-state index contributed by atoms with van der Waals surface area (Å²) in [6, 6.07) is 15.8. The number of nitrogens with zero attached hydrogens (tertiary/aromatic N) is 2. The molecule has 4 rings (SSSR count). The molecule has 1 atom stereocenters. The van der Waals surface area contributed by atoms with Crippen LogP contribution in [0.3, 0.4) is 0 Å². The van der Waals surface area contributed by atoms with E-state index in [-0.39, 0.29) is 5.91 Å². The van der Waals surface area contributed by atoms with Crippen LogP contribution >= 0.6 is 11.3 Å². The lowest BCUT2D eigenvalue weighted by molar-refractivity contribution is 0.0713. The highest BCUT2D eigenvalue weighted by atomic mass is 32.2. The third kappa shape index (κ3) is 4.12. The van der Waals surface area contributed by atoms with Gasteiger partial charge in [0.15, 0.2) is 0 Å². The molecule has 1 amide bonds. The lowest BCUT2D eigenvalue weighted by atomic mass is 9.97. The molecule has 1 aliphatic rings. The van der Waals surface area contributed by atoms with E-state index in [0.29, 0.717) is 17.2 Å². The highest BCUT2D eigenvalue weighted by Crippen LogP contribution is 2.34. The van der Waals surface area contributed by atoms with Crippen LogP contribution in [0, 0.1) is 0 Å². The van der Waals surface area contributed by atoms with E-state index in [2.05, 4.69) is 12.1 Å². The van der Waals surface area contributed by atoms with Gasteiger partial charge in [0.25, 0.3) is 5.91 Å². The monoisotopic (exact) mass is 398 g/mol. The van der Waals surface area contributed by atoms with Gasteiger partial charge in [-0.1, -0.05) is 24.3 Å². The zero-order valence-electron chi connectivity index (χ0n) is 15.3. The Hall–Kier alpha value is -2.05. The van der Waals surface area contributed by atoms with Crippen molar-refractivity contribution < 1.29 is 9.00 Å². The number of carbonyl (C=O) groups is 1. The summed E-state index contributed by atoms with van der Waals surface area (Å²) in [4.78, 5) is 19.6. The largest absolute Gasteiger partial charge is 0.339 e. The van der Waals surface area contributed by atoms with E-state index >= 15 is 0 Å². The fraction of sp³-hybridized carbons (Fsp3) is 0.333. The lowest BCUT2D eigenvalue weighted by Crippen LogP contribution is -2.37. The van der Waals surface area contributed by atoms with Gasteiger partial charge in [-0.25, -0.2) is 4.98 Å². The van der Waals surface area contributed by atoms with Gasteiger partial charge >= 0.3 is 0 Å². The maximum absolute atomic E-state index is 12.9. The van der Waals surface area contributed by atoms with Gasteiger partial charge < -0.3 is 4.90 Å². The highest BCUT2D eigenvalue weighted by Gasteiger charge is 2.26. The topological polar surface area (TPSA) is 50.3 Å². The van der Waals surface area contributed by atoms with Crippen LogP contribution in [-0.4, -0.2) is 39.3 Å². The molecule has 0 saturated carbocycles. The molecule has 1 aromatic heterocycles. The number of amides is 1. The van der Waals surface area contributed by atoms with Crippen LogP contribution in [0.4, 0.5) is 0 Å². The number of piperidine rings is 1. The first-order valence-corrected chi connectivity index (χ1v) is 11.7. The fourth-order valence-corrected chi connectivity index (χ4v) is 5.39. The van der Waals surface area contributed by atoms with Crippen LogP contribution in [0.1, 0.15) is 39.7 Å². The van der Waals surface area contributed by atoms with E-state index < -0.39 is 10.8 Å². The van der Waals surface area contributed by atoms with Crippen LogP contribution in [0.25, 0.3) is 10.2 Å². The molecule has 1 saturated heterocycles. The first kappa shape index (κ1) is 18.3. The molecule has 140 valence electrons. The van der Waals surface area contributed by atoms with E-state index in [1.165, 1.54) is 9.71 Å². The van der Waals surface area contributed by atoms with Gasteiger partial charge in [-0.05, 0) is 42.7 Å². The fourth-order valence-electron chi connectivity index (χ4n) is 3.61. The van der Waals surface area contributed by atoms with Crippen molar-refractivity contribution in [2.45, 2.75) is 24.5 Å². The predicted octanol–water partition coefficient (Wildman–Crippen LogP) is 4.19. The second-order valence-corrected chi connectivity index (χ2v) is 9.50. The standard InChI is InChI=1S/C21H22N2O2S2/c1-27(25)14-15-5-4-6-17(13-15)21(24)23-11-9-16(10-12-23)20-22-18-7-2-3-8-19(18)26-20/h2-8,13,16H,9-12,14H2,1H3. The molecule has 0 radical (unpaired) electrons. The van der Waals surface area contributed by atoms with Gasteiger partial charge in [0.05, 0.1) is 15.2 Å². The molecular formula is C21H22N2O2S2. The molecule has 0 N–H and O–H groups in total. The van der Waals surface area contributed by atoms with E-state index in [1.54, 1.807) is 17.6 Å². The van der Waals surface area contributed by atoms with E-state index in [0.717, 1.165) is 37.0 Å². The second-order valence-electron chi connectivity index (χ2n) is 7.00. The van der Waals surface area contributed by atoms with Gasteiger partial charge in [0.2, 0.25) is 0 Å². The Morgan fingerprint density at radius 2 is 1.96 bits per heavy atom. The minimum atomic E-state index is -0.906. The number of benzene rings is 2. The van der Waals surface area contributed by atoms with E-state index in [4.69, 9.17) is 4.98 Å². The third-order valence-corrected chi connectivity index (χ3v) is 6.92. The number of hydrogen-bond donors (Lipinski definition) is 0. The summed E-state index contributed by atoms with van der Waals surface area (Å²) in [6.45, 7) is 1.51. The van der Waals surface area contributed by atoms with Crippen LogP contribution in [0.15, 0.2) is 48.5 Å². The van der Waals surface area contributed by atoms with Crippen molar-refractivity contribution >= 4 is 38.3 Å². The zero-order valence-corrected chi connectivity index (χ0v) is 16.9. The Kier molecular flexibility index (Phi) is 5.36. The number of fused-ring (bicyclic) bond motifs is 1. The van der Waals surface area contributed by atoms with Crippen LogP contribution < -0.4 is 0 Å². The van der Waals surface area contributed by atoms with Crippen molar-refractivity contribution in [3.8, 4) is 0 Å². The molecule has 2 heterocycles. The molecule has 2 aromatic carbocycles. The average Bonchev–Trinajstić information content (AvgIpc) is 3.11. The molecule has 6 heteroatoms. The summed E-state index contributed by atoms with van der Waals surface area (Å²) in [5, 5.41) is 1.19. The Labute approximate surface area is 165 Å². The minimum absolute atomic E-state index is 0.0708. The van der Waals surface area contributed by atoms with Crippen molar-refractivity contribution in [1.29, 1.82) is 0 Å². The van der Waals surface area contributed by atoms with Crippen LogP contribution in [0.2, 0.25) is 0 Å². The number of para-hydroxylation sites is 1. The molecule has 1 unspecified atom stereocenters. The molecular weight excluding hydrogens is 376 g/mol. The molecule has 1 aliphatic heterocycles. The zero-order chi connectivity index (χ0) is 18.8. The normalized spacial score (nSPS) is 16.6. The third-order valence-electron chi connectivity index (χ3n) is 4.99. The molecule has 0 aliphatic carbocycles. The summed E-state index contributed by atoms with van der Waals surface area (Å²) >= 11 is 1.77. The van der Waals surface area contributed by atoms with Gasteiger partial charge in [0, 0.05) is 47.4 Å². The van der Waals surface area contributed by atoms with Crippen molar-refractivity contribution in [3.05, 3.63) is 64.7 Å². The summed E-state index contributed by atoms with van der Waals surface area (Å²) in [5.74, 6) is 0.989. The van der Waals surface area contributed by atoms with Gasteiger partial charge in [-0.15, -0.1) is 11.3 Å². The van der Waals surface area contributed by atoms with Crippen molar-refractivity contribution in [2.24, 2.45) is 0 Å². The summed E-state index contributed by atoms with van der Waals surface area (Å²) in [6.07, 6.45) is 3.58. The molecule has 4 nitrogen and oxygen atoms in total. The lowest BCUT2D eigenvalue weighted by Gasteiger charge is -2.31. The minimum Gasteiger partial charge on any atom is -0.339 e. The second kappa shape index (κ2) is 7.90. The van der Waals surface area contributed by atoms with Gasteiger partial charge in [0.1, 0.15) is 0 Å². The number of likely N-dealkylation sites (tertiary alicyclic amines) is 1. The SMILES string of the molecule is CS(=O)Cc1cccc(C(=O)N2CCC(c3nc4ccccc4s3)CC2)c1. The molecule has 3 aromatic rings. The Morgan fingerprint density at radius 3 is 2.70 bits per heavy atom. The highest BCUT2D eigenvalue weighted by molar-refractivity contribution is 7.83. The Bertz CT molecular complexity index is 958. The van der Waals surface area contributed by atoms with E-state index in [9.17, 15) is 9.00 Å². The molecule has 27 heavy (non-hydrogen) atoms. The molecule has 0 spiro atoms. The maximum atomic E-state index is 12.9. The van der Waals surface area contributed by atoms with Crippen molar-refractivity contribution in [2.75, 3.05) is 19.3 Å². The summed E-state index contributed by atoms with van der Waals surface area (Å²) < 4.78 is 12.7. The summed E-state index contributed by atoms with van der Waals surface area (Å²) in [5.41, 5.74) is 2.71. The van der Waals surface area contributed by atoms with Gasteiger partial charge in [-0.3, -0.25) is 9.00 Å². The smallest absolute Gasteiger partial charge is 0.253 e. The Morgan fingerprint density at radius 1 is 1.19 bits per heavy atom. The van der Waals surface area contributed by atoms with E-state index in [1.807, 2.05) is 41.3 Å². The number of aromatic nitrogens is 1. The van der Waals surface area contributed by atoms with Crippen molar-refractivity contribution in [1.82, 2.24) is 9.88 Å². The average molecular weight is 399 g/mol. The van der Waals surface area contributed by atoms with Crippen LogP contribution in [0.5, 0.6) is 0 Å². The first-order chi connectivity index (χ1) is 13.1. The molecule has 0 bridgehead atoms. The van der Waals surface area contributed by atoms with Crippen LogP contribution in [-0.2, 0) is 16.6 Å². The quantitative estimate of drug-likeness (QED) is 0.662. The molecule has 1 fully saturated rings. The number of rotatable bonds is 4. The Balaban J connectivity index is 1.42. The first-order valence-electron chi connectivity index (χ1n) is 9.14. The summed E-state index contributed by atoms with van der Waals surface area (Å²) in [7, 11) is -0.906.